The van der Waals surface area contributed by atoms with E-state index in [0.29, 0.717) is 0 Å². The summed E-state index contributed by atoms with van der Waals surface area (Å²) in [4.78, 5) is 2.31. The van der Waals surface area contributed by atoms with Gasteiger partial charge in [0.1, 0.15) is 0 Å². The zero-order valence-corrected chi connectivity index (χ0v) is 30.4. The average molecular weight is 715 g/mol. The first-order chi connectivity index (χ1) is 27.8. The maximum atomic E-state index is 2.51. The molecular formula is C52H34N4. The number of anilines is 3. The minimum Gasteiger partial charge on any atom is -0.314 e. The predicted octanol–water partition coefficient (Wildman–Crippen LogP) is 13.9. The van der Waals surface area contributed by atoms with Crippen molar-refractivity contribution in [3.05, 3.63) is 206 Å². The Hall–Kier alpha value is -7.56. The van der Waals surface area contributed by atoms with Gasteiger partial charge in [0.05, 0.1) is 38.8 Å². The second-order valence-electron chi connectivity index (χ2n) is 14.6. The van der Waals surface area contributed by atoms with Crippen LogP contribution in [0.1, 0.15) is 0 Å². The molecule has 0 saturated heterocycles. The molecule has 0 radical (unpaired) electrons. The van der Waals surface area contributed by atoms with Crippen molar-refractivity contribution in [2.45, 2.75) is 0 Å². The second kappa shape index (κ2) is 12.0. The Morgan fingerprint density at radius 1 is 0.357 bits per heavy atom. The fourth-order valence-corrected chi connectivity index (χ4v) is 9.16. The van der Waals surface area contributed by atoms with Crippen LogP contribution < -0.4 is 4.90 Å². The summed E-state index contributed by atoms with van der Waals surface area (Å²) in [6.45, 7) is 0. The van der Waals surface area contributed by atoms with Gasteiger partial charge in [0, 0.05) is 61.3 Å². The molecule has 4 nitrogen and oxygen atoms in total. The zero-order chi connectivity index (χ0) is 36.7. The summed E-state index contributed by atoms with van der Waals surface area (Å²) in [6.07, 6.45) is 2.25. The number of fused-ring (bicyclic) bond motifs is 7. The van der Waals surface area contributed by atoms with Gasteiger partial charge >= 0.3 is 0 Å². The molecule has 12 rings (SSSR count). The Kier molecular flexibility index (Phi) is 6.60. The first kappa shape index (κ1) is 30.9. The summed E-state index contributed by atoms with van der Waals surface area (Å²) in [6, 6.07) is 72.8. The zero-order valence-electron chi connectivity index (χ0n) is 30.4. The predicted molar refractivity (Wildman–Crippen MR) is 235 cm³/mol. The highest BCUT2D eigenvalue weighted by molar-refractivity contribution is 6.18. The van der Waals surface area contributed by atoms with Crippen molar-refractivity contribution in [1.82, 2.24) is 13.4 Å². The Bertz CT molecular complexity index is 3410. The number of benzene rings is 8. The molecule has 4 heteroatoms. The van der Waals surface area contributed by atoms with Crippen molar-refractivity contribution in [1.29, 1.82) is 0 Å². The van der Waals surface area contributed by atoms with Gasteiger partial charge in [-0.3, -0.25) is 0 Å². The van der Waals surface area contributed by atoms with Crippen molar-refractivity contribution in [2.24, 2.45) is 0 Å². The van der Waals surface area contributed by atoms with Gasteiger partial charge < -0.3 is 18.3 Å². The third kappa shape index (κ3) is 4.47. The summed E-state index contributed by atoms with van der Waals surface area (Å²) in [5.41, 5.74) is 13.9. The molecule has 56 heavy (non-hydrogen) atoms. The van der Waals surface area contributed by atoms with E-state index in [2.05, 4.69) is 225 Å². The maximum absolute atomic E-state index is 2.51. The normalized spacial score (nSPS) is 11.9. The van der Waals surface area contributed by atoms with E-state index in [4.69, 9.17) is 0 Å². The minimum atomic E-state index is 1.10. The van der Waals surface area contributed by atoms with Crippen molar-refractivity contribution >= 4 is 82.5 Å². The maximum Gasteiger partial charge on any atom is 0.0718 e. The molecule has 0 aliphatic rings. The monoisotopic (exact) mass is 714 g/mol. The van der Waals surface area contributed by atoms with E-state index >= 15 is 0 Å². The van der Waals surface area contributed by atoms with E-state index in [-0.39, 0.29) is 0 Å². The molecule has 0 spiro atoms. The molecule has 0 amide bonds. The van der Waals surface area contributed by atoms with Crippen LogP contribution in [0.15, 0.2) is 206 Å². The number of hydrogen-bond donors (Lipinski definition) is 0. The quantitative estimate of drug-likeness (QED) is 0.173. The van der Waals surface area contributed by atoms with Crippen LogP contribution in [0.5, 0.6) is 0 Å². The average Bonchev–Trinajstić information content (AvgIpc) is 3.96. The van der Waals surface area contributed by atoms with Crippen LogP contribution in [0.3, 0.4) is 0 Å². The Morgan fingerprint density at radius 3 is 1.70 bits per heavy atom. The van der Waals surface area contributed by atoms with Crippen molar-refractivity contribution < 1.29 is 0 Å². The summed E-state index contributed by atoms with van der Waals surface area (Å²) in [5, 5.41) is 7.37. The third-order valence-electron chi connectivity index (χ3n) is 11.6. The van der Waals surface area contributed by atoms with Gasteiger partial charge in [0.15, 0.2) is 0 Å². The summed E-state index contributed by atoms with van der Waals surface area (Å²) < 4.78 is 7.37. The van der Waals surface area contributed by atoms with E-state index in [9.17, 15) is 0 Å². The van der Waals surface area contributed by atoms with Crippen molar-refractivity contribution in [3.63, 3.8) is 0 Å². The highest BCUT2D eigenvalue weighted by Gasteiger charge is 2.20. The molecular weight excluding hydrogens is 681 g/mol. The molecule has 0 aliphatic heterocycles. The largest absolute Gasteiger partial charge is 0.314 e. The molecule has 0 bridgehead atoms. The number of rotatable bonds is 5. The van der Waals surface area contributed by atoms with Gasteiger partial charge in [-0.15, -0.1) is 0 Å². The lowest BCUT2D eigenvalue weighted by atomic mass is 10.1. The fraction of sp³-hybridized carbons (Fsp3) is 0. The molecule has 0 atom stereocenters. The molecule has 4 aromatic heterocycles. The fourth-order valence-electron chi connectivity index (χ4n) is 9.16. The second-order valence-corrected chi connectivity index (χ2v) is 14.6. The minimum absolute atomic E-state index is 1.10. The lowest BCUT2D eigenvalue weighted by Gasteiger charge is -2.25. The van der Waals surface area contributed by atoms with Crippen LogP contribution in [-0.2, 0) is 0 Å². The van der Waals surface area contributed by atoms with Gasteiger partial charge in [0.2, 0.25) is 0 Å². The molecule has 8 aromatic carbocycles. The molecule has 0 aliphatic carbocycles. The van der Waals surface area contributed by atoms with E-state index in [1.165, 1.54) is 65.6 Å². The first-order valence-corrected chi connectivity index (χ1v) is 19.2. The highest BCUT2D eigenvalue weighted by atomic mass is 15.1. The van der Waals surface area contributed by atoms with Gasteiger partial charge in [-0.05, 0) is 84.4 Å². The molecule has 0 saturated carbocycles. The summed E-state index contributed by atoms with van der Waals surface area (Å²) >= 11 is 0. The number of hydrogen-bond acceptors (Lipinski definition) is 1. The number of aromatic nitrogens is 3. The van der Waals surface area contributed by atoms with Crippen molar-refractivity contribution in [3.8, 4) is 16.9 Å². The van der Waals surface area contributed by atoms with Crippen LogP contribution >= 0.6 is 0 Å². The summed E-state index contributed by atoms with van der Waals surface area (Å²) in [7, 11) is 0. The van der Waals surface area contributed by atoms with Crippen molar-refractivity contribution in [2.75, 3.05) is 4.90 Å². The highest BCUT2D eigenvalue weighted by Crippen LogP contribution is 2.41. The van der Waals surface area contributed by atoms with E-state index in [1.54, 1.807) is 0 Å². The molecule has 0 fully saturated rings. The Balaban J connectivity index is 1.19. The van der Waals surface area contributed by atoms with Gasteiger partial charge in [-0.1, -0.05) is 121 Å². The lowest BCUT2D eigenvalue weighted by molar-refractivity contribution is 1.17. The van der Waals surface area contributed by atoms with E-state index < -0.39 is 0 Å². The first-order valence-electron chi connectivity index (χ1n) is 19.2. The SMILES string of the molecule is c1ccc(-c2cc3cccc4c5cccc6ccn(c7cc8c(cc7n2c34)c2ccccc2n8-c2ccc(N(c3ccccc3)c3ccccc3)cc2)c65)cc1. The summed E-state index contributed by atoms with van der Waals surface area (Å²) in [5.74, 6) is 0. The topological polar surface area (TPSA) is 17.0 Å². The molecule has 0 unspecified atom stereocenters. The Morgan fingerprint density at radius 2 is 0.964 bits per heavy atom. The van der Waals surface area contributed by atoms with Crippen LogP contribution in [-0.4, -0.2) is 13.4 Å². The molecule has 4 heterocycles. The van der Waals surface area contributed by atoms with Crippen LogP contribution in [0, 0.1) is 0 Å². The lowest BCUT2D eigenvalue weighted by Crippen LogP contribution is -2.09. The van der Waals surface area contributed by atoms with Gasteiger partial charge in [0.25, 0.3) is 0 Å². The van der Waals surface area contributed by atoms with Gasteiger partial charge in [-0.2, -0.15) is 0 Å². The van der Waals surface area contributed by atoms with Crippen LogP contribution in [0.4, 0.5) is 17.1 Å². The molecule has 262 valence electrons. The smallest absolute Gasteiger partial charge is 0.0718 e. The van der Waals surface area contributed by atoms with Gasteiger partial charge in [-0.25, -0.2) is 0 Å². The Labute approximate surface area is 322 Å². The van der Waals surface area contributed by atoms with Crippen LogP contribution in [0.2, 0.25) is 0 Å². The third-order valence-corrected chi connectivity index (χ3v) is 11.6. The number of nitrogens with zero attached hydrogens (tertiary/aromatic N) is 4. The van der Waals surface area contributed by atoms with E-state index in [1.807, 2.05) is 0 Å². The standard InChI is InChI=1S/C52H34N4/c1-4-14-35(15-5-1)47-32-37-17-13-24-44-43-23-12-16-36-30-31-53(51(36)43)49-34-48-45(33-50(49)56(47)52(37)44)42-22-10-11-25-46(42)55(48)41-28-26-40(27-29-41)54(38-18-6-2-7-19-38)39-20-8-3-9-21-39/h1-34H. The number of para-hydroxylation sites is 5. The molecule has 0 N–H and O–H groups in total. The molecule has 12 aromatic rings. The van der Waals surface area contributed by atoms with E-state index in [0.717, 1.165) is 33.8 Å². The van der Waals surface area contributed by atoms with Crippen LogP contribution in [0.25, 0.3) is 82.4 Å².